The number of H-pyrrole nitrogens is 1. The molecule has 9 heteroatoms. The van der Waals surface area contributed by atoms with Crippen LogP contribution in [0.2, 0.25) is 0 Å². The van der Waals surface area contributed by atoms with Crippen LogP contribution in [0.4, 0.5) is 13.2 Å². The first-order chi connectivity index (χ1) is 12.9. The molecule has 1 aliphatic rings. The summed E-state index contributed by atoms with van der Waals surface area (Å²) in [6.45, 7) is 1.75. The van der Waals surface area contributed by atoms with E-state index in [0.29, 0.717) is 11.1 Å². The van der Waals surface area contributed by atoms with Gasteiger partial charge in [0.1, 0.15) is 17.4 Å². The second-order valence-electron chi connectivity index (χ2n) is 6.50. The van der Waals surface area contributed by atoms with Crippen LogP contribution < -0.4 is 15.6 Å². The second kappa shape index (κ2) is 6.73. The van der Waals surface area contributed by atoms with E-state index >= 15 is 0 Å². The Morgan fingerprint density at radius 1 is 1.22 bits per heavy atom. The van der Waals surface area contributed by atoms with Crippen molar-refractivity contribution in [3.8, 4) is 11.4 Å². The van der Waals surface area contributed by atoms with Crippen LogP contribution in [0, 0.1) is 0 Å². The molecule has 3 aromatic rings. The zero-order chi connectivity index (χ0) is 19.0. The molecule has 4 rings (SSSR count). The first kappa shape index (κ1) is 17.6. The van der Waals surface area contributed by atoms with Crippen molar-refractivity contribution in [2.45, 2.75) is 25.1 Å². The molecule has 0 amide bonds. The zero-order valence-corrected chi connectivity index (χ0v) is 14.2. The number of piperidine rings is 1. The fourth-order valence-corrected chi connectivity index (χ4v) is 3.30. The van der Waals surface area contributed by atoms with Gasteiger partial charge in [0.05, 0.1) is 11.9 Å². The zero-order valence-electron chi connectivity index (χ0n) is 14.2. The third-order valence-corrected chi connectivity index (χ3v) is 4.57. The molecule has 1 fully saturated rings. The Balaban J connectivity index is 1.70. The van der Waals surface area contributed by atoms with Crippen molar-refractivity contribution in [2.24, 2.45) is 0 Å². The molecule has 3 heterocycles. The number of ether oxygens (including phenoxy) is 1. The van der Waals surface area contributed by atoms with Gasteiger partial charge in [-0.2, -0.15) is 18.3 Å². The number of nitrogens with one attached hydrogen (secondary N) is 2. The maximum absolute atomic E-state index is 13.3. The number of fused-ring (bicyclic) bond motifs is 1. The van der Waals surface area contributed by atoms with Gasteiger partial charge in [-0.1, -0.05) is 0 Å². The molecule has 1 aromatic carbocycles. The first-order valence-corrected chi connectivity index (χ1v) is 8.56. The third kappa shape index (κ3) is 3.55. The van der Waals surface area contributed by atoms with Gasteiger partial charge < -0.3 is 14.6 Å². The van der Waals surface area contributed by atoms with Crippen molar-refractivity contribution in [3.05, 3.63) is 52.7 Å². The average molecular weight is 378 g/mol. The molecule has 1 atom stereocenters. The smallest absolute Gasteiger partial charge is 0.423 e. The van der Waals surface area contributed by atoms with E-state index in [2.05, 4.69) is 10.4 Å². The van der Waals surface area contributed by atoms with Gasteiger partial charge in [0.15, 0.2) is 0 Å². The topological polar surface area (TPSA) is 71.9 Å². The summed E-state index contributed by atoms with van der Waals surface area (Å²) in [5.41, 5.74) is -2.87. The van der Waals surface area contributed by atoms with E-state index < -0.39 is 17.3 Å². The lowest BCUT2D eigenvalue weighted by molar-refractivity contribution is -0.138. The molecular formula is C18H17F3N4O2. The number of aromatic amines is 1. The molecule has 1 saturated heterocycles. The van der Waals surface area contributed by atoms with E-state index in [1.165, 1.54) is 17.0 Å². The van der Waals surface area contributed by atoms with E-state index in [4.69, 9.17) is 4.74 Å². The summed E-state index contributed by atoms with van der Waals surface area (Å²) in [6.07, 6.45) is 1.35. The number of alkyl halides is 3. The van der Waals surface area contributed by atoms with Crippen molar-refractivity contribution in [1.82, 2.24) is 20.1 Å². The molecule has 6 nitrogen and oxygen atoms in total. The van der Waals surface area contributed by atoms with Gasteiger partial charge in [0, 0.05) is 29.7 Å². The normalized spacial score (nSPS) is 18.0. The molecule has 0 saturated carbocycles. The Bertz CT molecular complexity index is 1020. The van der Waals surface area contributed by atoms with Crippen molar-refractivity contribution in [3.63, 3.8) is 0 Å². The summed E-state index contributed by atoms with van der Waals surface area (Å²) >= 11 is 0. The van der Waals surface area contributed by atoms with Gasteiger partial charge in [-0.3, -0.25) is 4.79 Å². The molecule has 2 N–H and O–H groups in total. The molecule has 2 aromatic heterocycles. The molecule has 0 spiro atoms. The average Bonchev–Trinajstić information content (AvgIpc) is 3.04. The minimum atomic E-state index is -4.79. The lowest BCUT2D eigenvalue weighted by Gasteiger charge is -2.23. The quantitative estimate of drug-likeness (QED) is 0.735. The van der Waals surface area contributed by atoms with E-state index in [9.17, 15) is 18.0 Å². The Hall–Kier alpha value is -2.81. The molecule has 1 unspecified atom stereocenters. The van der Waals surface area contributed by atoms with Gasteiger partial charge in [-0.05, 0) is 37.6 Å². The van der Waals surface area contributed by atoms with Crippen molar-refractivity contribution in [2.75, 3.05) is 13.1 Å². The van der Waals surface area contributed by atoms with Crippen LogP contribution in [0.25, 0.3) is 16.5 Å². The number of aromatic nitrogens is 3. The number of hydrogen-bond donors (Lipinski definition) is 2. The van der Waals surface area contributed by atoms with Crippen molar-refractivity contribution >= 4 is 10.8 Å². The van der Waals surface area contributed by atoms with Gasteiger partial charge in [-0.15, -0.1) is 0 Å². The van der Waals surface area contributed by atoms with Gasteiger partial charge >= 0.3 is 6.18 Å². The van der Waals surface area contributed by atoms with Gasteiger partial charge in [-0.25, -0.2) is 5.10 Å². The number of rotatable bonds is 3. The Kier molecular flexibility index (Phi) is 4.39. The standard InChI is InChI=1S/C18H17F3N4O2/c19-18(20,21)16-15(8-23-24-17(16)26)25-9-11-3-4-13(6-12(11)10-25)27-14-2-1-5-22-7-14/h3-4,6,8-10,14,22H,1-2,5,7H2,(H,24,26). The molecule has 27 heavy (non-hydrogen) atoms. The highest BCUT2D eigenvalue weighted by Gasteiger charge is 2.37. The summed E-state index contributed by atoms with van der Waals surface area (Å²) < 4.78 is 47.1. The van der Waals surface area contributed by atoms with E-state index in [1.54, 1.807) is 18.2 Å². The van der Waals surface area contributed by atoms with Crippen LogP contribution >= 0.6 is 0 Å². The van der Waals surface area contributed by atoms with Crippen LogP contribution in [0.5, 0.6) is 5.75 Å². The maximum atomic E-state index is 13.3. The second-order valence-corrected chi connectivity index (χ2v) is 6.50. The Morgan fingerprint density at radius 3 is 2.78 bits per heavy atom. The monoisotopic (exact) mass is 378 g/mol. The maximum Gasteiger partial charge on any atom is 0.423 e. The van der Waals surface area contributed by atoms with E-state index in [-0.39, 0.29) is 11.8 Å². The van der Waals surface area contributed by atoms with E-state index in [0.717, 1.165) is 37.5 Å². The summed E-state index contributed by atoms with van der Waals surface area (Å²) in [6, 6.07) is 5.36. The Morgan fingerprint density at radius 2 is 2.04 bits per heavy atom. The van der Waals surface area contributed by atoms with Gasteiger partial charge in [0.2, 0.25) is 0 Å². The van der Waals surface area contributed by atoms with Crippen LogP contribution in [-0.2, 0) is 6.18 Å². The molecule has 1 aliphatic heterocycles. The minimum Gasteiger partial charge on any atom is -0.489 e. The number of halogens is 3. The number of benzene rings is 1. The molecular weight excluding hydrogens is 361 g/mol. The predicted octanol–water partition coefficient (Wildman–Crippen LogP) is 2.86. The van der Waals surface area contributed by atoms with Gasteiger partial charge in [0.25, 0.3) is 5.56 Å². The fraction of sp³-hybridized carbons (Fsp3) is 0.333. The summed E-state index contributed by atoms with van der Waals surface area (Å²) in [4.78, 5) is 11.7. The number of nitrogens with zero attached hydrogens (tertiary/aromatic N) is 2. The lowest BCUT2D eigenvalue weighted by Crippen LogP contribution is -2.37. The fourth-order valence-electron chi connectivity index (χ4n) is 3.30. The van der Waals surface area contributed by atoms with E-state index in [1.807, 2.05) is 5.10 Å². The largest absolute Gasteiger partial charge is 0.489 e. The predicted molar refractivity (Wildman–Crippen MR) is 93.2 cm³/mol. The van der Waals surface area contributed by atoms with Crippen LogP contribution in [0.15, 0.2) is 41.6 Å². The summed E-state index contributed by atoms with van der Waals surface area (Å²) in [5, 5.41) is 10.1. The minimum absolute atomic E-state index is 0.0759. The van der Waals surface area contributed by atoms with Crippen molar-refractivity contribution in [1.29, 1.82) is 0 Å². The van der Waals surface area contributed by atoms with Crippen LogP contribution in [0.1, 0.15) is 18.4 Å². The highest BCUT2D eigenvalue weighted by atomic mass is 19.4. The Labute approximate surface area is 152 Å². The molecule has 0 radical (unpaired) electrons. The first-order valence-electron chi connectivity index (χ1n) is 8.56. The summed E-state index contributed by atoms with van der Waals surface area (Å²) in [5.74, 6) is 0.661. The summed E-state index contributed by atoms with van der Waals surface area (Å²) in [7, 11) is 0. The highest BCUT2D eigenvalue weighted by molar-refractivity contribution is 5.84. The molecule has 0 aliphatic carbocycles. The van der Waals surface area contributed by atoms with Crippen LogP contribution in [-0.4, -0.2) is 34.0 Å². The number of hydrogen-bond acceptors (Lipinski definition) is 4. The lowest BCUT2D eigenvalue weighted by atomic mass is 10.1. The molecule has 0 bridgehead atoms. The third-order valence-electron chi connectivity index (χ3n) is 4.57. The molecule has 142 valence electrons. The van der Waals surface area contributed by atoms with Crippen molar-refractivity contribution < 1.29 is 17.9 Å². The highest BCUT2D eigenvalue weighted by Crippen LogP contribution is 2.32. The SMILES string of the molecule is O=c1[nH]ncc(-n2cc3ccc(OC4CCCNC4)cc3c2)c1C(F)(F)F. The van der Waals surface area contributed by atoms with Crippen LogP contribution in [0.3, 0.4) is 0 Å².